The fraction of sp³-hybridized carbons (Fsp3) is 0.545. The second kappa shape index (κ2) is 8.20. The second-order valence-corrected chi connectivity index (χ2v) is 8.71. The third kappa shape index (κ3) is 4.08. The molecule has 9 heteroatoms. The number of carbonyl (C=O) groups excluding carboxylic acids is 3. The lowest BCUT2D eigenvalue weighted by Gasteiger charge is -2.41. The number of hydrogen-bond donors (Lipinski definition) is 2. The second-order valence-electron chi connectivity index (χ2n) is 8.71. The number of amides is 3. The van der Waals surface area contributed by atoms with Crippen LogP contribution in [-0.2, 0) is 17.9 Å². The first-order valence-corrected chi connectivity index (χ1v) is 10.8. The van der Waals surface area contributed by atoms with E-state index in [1.54, 1.807) is 20.0 Å². The molecule has 1 aliphatic carbocycles. The number of fused-ring (bicyclic) bond motifs is 1. The lowest BCUT2D eigenvalue weighted by atomic mass is 9.92. The molecular weight excluding hydrogens is 398 g/mol. The monoisotopic (exact) mass is 427 g/mol. The quantitative estimate of drug-likeness (QED) is 0.759. The predicted molar refractivity (Wildman–Crippen MR) is 112 cm³/mol. The standard InChI is InChI=1S/C22H29N5O4/c1-14-9-10-16(31-14)12-23-19(28)17-11-18-20(29)26(3)22(2,13-27(18)25-17)21(30)24-15-7-5-4-6-8-15/h9-11,15H,4-8,12-13H2,1-3H3,(H,23,28)(H,24,30)/t22-/m0/s1. The van der Waals surface area contributed by atoms with E-state index in [1.807, 2.05) is 13.0 Å². The maximum Gasteiger partial charge on any atom is 0.272 e. The van der Waals surface area contributed by atoms with E-state index in [-0.39, 0.29) is 36.6 Å². The van der Waals surface area contributed by atoms with Gasteiger partial charge in [0.05, 0.1) is 13.1 Å². The maximum absolute atomic E-state index is 13.1. The minimum absolute atomic E-state index is 0.136. The van der Waals surface area contributed by atoms with Gasteiger partial charge in [0.25, 0.3) is 11.8 Å². The maximum atomic E-state index is 13.1. The zero-order valence-corrected chi connectivity index (χ0v) is 18.2. The van der Waals surface area contributed by atoms with E-state index in [0.29, 0.717) is 11.5 Å². The van der Waals surface area contributed by atoms with Crippen molar-refractivity contribution in [2.45, 2.75) is 70.6 Å². The molecule has 9 nitrogen and oxygen atoms in total. The number of carbonyl (C=O) groups is 3. The number of rotatable bonds is 5. The van der Waals surface area contributed by atoms with Gasteiger partial charge in [-0.15, -0.1) is 0 Å². The van der Waals surface area contributed by atoms with Crippen molar-refractivity contribution >= 4 is 17.7 Å². The summed E-state index contributed by atoms with van der Waals surface area (Å²) in [6.45, 7) is 3.99. The Kier molecular flexibility index (Phi) is 5.60. The van der Waals surface area contributed by atoms with E-state index in [4.69, 9.17) is 4.42 Å². The van der Waals surface area contributed by atoms with Gasteiger partial charge in [-0.2, -0.15) is 5.10 Å². The molecule has 0 aromatic carbocycles. The average molecular weight is 428 g/mol. The van der Waals surface area contributed by atoms with Crippen LogP contribution < -0.4 is 10.6 Å². The van der Waals surface area contributed by atoms with Gasteiger partial charge in [0.15, 0.2) is 5.69 Å². The van der Waals surface area contributed by atoms with Crippen molar-refractivity contribution in [3.63, 3.8) is 0 Å². The summed E-state index contributed by atoms with van der Waals surface area (Å²) in [6.07, 6.45) is 5.34. The lowest BCUT2D eigenvalue weighted by Crippen LogP contribution is -2.63. The molecule has 2 aliphatic rings. The summed E-state index contributed by atoms with van der Waals surface area (Å²) < 4.78 is 6.92. The minimum Gasteiger partial charge on any atom is -0.465 e. The summed E-state index contributed by atoms with van der Waals surface area (Å²) in [7, 11) is 1.62. The summed E-state index contributed by atoms with van der Waals surface area (Å²) in [6, 6.07) is 5.24. The Morgan fingerprint density at radius 3 is 2.68 bits per heavy atom. The Balaban J connectivity index is 1.48. The van der Waals surface area contributed by atoms with Crippen LogP contribution in [0.2, 0.25) is 0 Å². The summed E-state index contributed by atoms with van der Waals surface area (Å²) in [5, 5.41) is 10.2. The van der Waals surface area contributed by atoms with E-state index >= 15 is 0 Å². The highest BCUT2D eigenvalue weighted by atomic mass is 16.3. The van der Waals surface area contributed by atoms with E-state index < -0.39 is 11.4 Å². The summed E-state index contributed by atoms with van der Waals surface area (Å²) in [5.41, 5.74) is -0.645. The molecule has 0 spiro atoms. The fourth-order valence-electron chi connectivity index (χ4n) is 4.26. The molecule has 0 radical (unpaired) electrons. The fourth-order valence-corrected chi connectivity index (χ4v) is 4.26. The Bertz CT molecular complexity index is 1000. The van der Waals surface area contributed by atoms with Gasteiger partial charge in [-0.25, -0.2) is 0 Å². The molecule has 166 valence electrons. The first kappa shape index (κ1) is 21.1. The van der Waals surface area contributed by atoms with Crippen molar-refractivity contribution in [1.29, 1.82) is 0 Å². The third-order valence-corrected chi connectivity index (χ3v) is 6.38. The highest BCUT2D eigenvalue weighted by molar-refractivity contribution is 6.01. The average Bonchev–Trinajstić information content (AvgIpc) is 3.37. The van der Waals surface area contributed by atoms with Crippen LogP contribution in [0.4, 0.5) is 0 Å². The predicted octanol–water partition coefficient (Wildman–Crippen LogP) is 2.01. The molecule has 2 N–H and O–H groups in total. The topological polar surface area (TPSA) is 109 Å². The highest BCUT2D eigenvalue weighted by Crippen LogP contribution is 2.27. The van der Waals surface area contributed by atoms with Crippen LogP contribution in [0.3, 0.4) is 0 Å². The Hall–Kier alpha value is -3.10. The zero-order valence-electron chi connectivity index (χ0n) is 18.2. The SMILES string of the molecule is Cc1ccc(CNC(=O)c2cc3n(n2)C[C@@](C)(C(=O)NC2CCCCC2)N(C)C3=O)o1. The normalized spacial score (nSPS) is 21.6. The van der Waals surface area contributed by atoms with Gasteiger partial charge >= 0.3 is 0 Å². The van der Waals surface area contributed by atoms with Gasteiger partial charge in [0.2, 0.25) is 5.91 Å². The number of nitrogens with zero attached hydrogens (tertiary/aromatic N) is 3. The van der Waals surface area contributed by atoms with Crippen LogP contribution in [0.1, 0.15) is 71.5 Å². The van der Waals surface area contributed by atoms with E-state index in [0.717, 1.165) is 31.4 Å². The number of aryl methyl sites for hydroxylation is 1. The minimum atomic E-state index is -1.08. The van der Waals surface area contributed by atoms with E-state index in [2.05, 4.69) is 15.7 Å². The van der Waals surface area contributed by atoms with Gasteiger partial charge in [-0.05, 0) is 38.8 Å². The number of hydrogen-bond acceptors (Lipinski definition) is 5. The van der Waals surface area contributed by atoms with Crippen LogP contribution in [0, 0.1) is 6.92 Å². The highest BCUT2D eigenvalue weighted by Gasteiger charge is 2.46. The smallest absolute Gasteiger partial charge is 0.272 e. The van der Waals surface area contributed by atoms with Crippen molar-refractivity contribution < 1.29 is 18.8 Å². The molecule has 0 saturated heterocycles. The Morgan fingerprint density at radius 2 is 2.00 bits per heavy atom. The van der Waals surface area contributed by atoms with Crippen molar-refractivity contribution in [1.82, 2.24) is 25.3 Å². The van der Waals surface area contributed by atoms with Crippen LogP contribution in [0.25, 0.3) is 0 Å². The van der Waals surface area contributed by atoms with Gasteiger partial charge in [-0.3, -0.25) is 19.1 Å². The van der Waals surface area contributed by atoms with Gasteiger partial charge in [0, 0.05) is 19.2 Å². The van der Waals surface area contributed by atoms with Crippen molar-refractivity contribution in [3.05, 3.63) is 41.1 Å². The first-order valence-electron chi connectivity index (χ1n) is 10.8. The molecule has 2 aromatic rings. The number of furan rings is 1. The molecule has 2 aromatic heterocycles. The molecule has 1 atom stereocenters. The zero-order chi connectivity index (χ0) is 22.2. The van der Waals surface area contributed by atoms with Crippen molar-refractivity contribution in [2.24, 2.45) is 0 Å². The van der Waals surface area contributed by atoms with Crippen LogP contribution in [-0.4, -0.2) is 51.0 Å². The van der Waals surface area contributed by atoms with Crippen molar-refractivity contribution in [2.75, 3.05) is 7.05 Å². The molecule has 31 heavy (non-hydrogen) atoms. The number of likely N-dealkylation sites (N-methyl/N-ethyl adjacent to an activating group) is 1. The van der Waals surface area contributed by atoms with Crippen LogP contribution in [0.5, 0.6) is 0 Å². The largest absolute Gasteiger partial charge is 0.465 e. The molecule has 3 amide bonds. The lowest BCUT2D eigenvalue weighted by molar-refractivity contribution is -0.133. The van der Waals surface area contributed by atoms with Crippen LogP contribution >= 0.6 is 0 Å². The Labute approximate surface area is 181 Å². The van der Waals surface area contributed by atoms with Gasteiger partial charge < -0.3 is 20.0 Å². The summed E-state index contributed by atoms with van der Waals surface area (Å²) >= 11 is 0. The van der Waals surface area contributed by atoms with Gasteiger partial charge in [-0.1, -0.05) is 19.3 Å². The number of aromatic nitrogens is 2. The molecule has 3 heterocycles. The van der Waals surface area contributed by atoms with E-state index in [1.165, 1.54) is 22.1 Å². The molecule has 0 bridgehead atoms. The summed E-state index contributed by atoms with van der Waals surface area (Å²) in [4.78, 5) is 40.1. The molecular formula is C22H29N5O4. The van der Waals surface area contributed by atoms with Crippen molar-refractivity contribution in [3.8, 4) is 0 Å². The van der Waals surface area contributed by atoms with Crippen LogP contribution in [0.15, 0.2) is 22.6 Å². The summed E-state index contributed by atoms with van der Waals surface area (Å²) in [5.74, 6) is 0.481. The first-order chi connectivity index (χ1) is 14.8. The molecule has 1 aliphatic heterocycles. The van der Waals surface area contributed by atoms with E-state index in [9.17, 15) is 14.4 Å². The molecule has 4 rings (SSSR count). The third-order valence-electron chi connectivity index (χ3n) is 6.38. The molecule has 1 fully saturated rings. The van der Waals surface area contributed by atoms with Gasteiger partial charge in [0.1, 0.15) is 22.8 Å². The molecule has 0 unspecified atom stereocenters. The molecule has 1 saturated carbocycles. The number of nitrogens with one attached hydrogen (secondary N) is 2. The Morgan fingerprint density at radius 1 is 1.26 bits per heavy atom.